The van der Waals surface area contributed by atoms with Crippen LogP contribution in [0.25, 0.3) is 17.0 Å². The summed E-state index contributed by atoms with van der Waals surface area (Å²) in [5, 5.41) is 0.823. The maximum absolute atomic E-state index is 13.0. The van der Waals surface area contributed by atoms with Crippen LogP contribution in [-0.4, -0.2) is 27.2 Å². The Balaban J connectivity index is 1.31. The first kappa shape index (κ1) is 23.0. The fourth-order valence-corrected chi connectivity index (χ4v) is 5.01. The topological polar surface area (TPSA) is 51.5 Å². The number of carbonyl (C=O) groups excluding carboxylic acids is 2. The van der Waals surface area contributed by atoms with E-state index in [0.717, 1.165) is 52.5 Å². The average Bonchev–Trinajstić information content (AvgIpc) is 3.35. The van der Waals surface area contributed by atoms with Gasteiger partial charge in [-0.3, -0.25) is 14.5 Å². The number of thioether (sulfide) groups is 1. The van der Waals surface area contributed by atoms with E-state index in [-0.39, 0.29) is 17.7 Å². The second-order valence-corrected chi connectivity index (χ2v) is 9.56. The molecule has 0 radical (unpaired) electrons. The zero-order valence-corrected chi connectivity index (χ0v) is 20.3. The number of imide groups is 1. The molecule has 0 bridgehead atoms. The van der Waals surface area contributed by atoms with Crippen LogP contribution in [0, 0.1) is 6.92 Å². The second-order valence-electron chi connectivity index (χ2n) is 8.56. The molecule has 35 heavy (non-hydrogen) atoms. The van der Waals surface area contributed by atoms with Gasteiger partial charge in [-0.1, -0.05) is 66.2 Å². The number of aryl methyl sites for hydroxylation is 2. The van der Waals surface area contributed by atoms with Crippen molar-refractivity contribution in [2.45, 2.75) is 26.4 Å². The Kier molecular flexibility index (Phi) is 6.73. The van der Waals surface area contributed by atoms with Crippen LogP contribution in [0.3, 0.4) is 0 Å². The molecule has 1 aliphatic rings. The highest BCUT2D eigenvalue weighted by Crippen LogP contribution is 2.35. The quantitative estimate of drug-likeness (QED) is 0.208. The minimum absolute atomic E-state index is 0.234. The molecule has 1 saturated heterocycles. The van der Waals surface area contributed by atoms with Crippen molar-refractivity contribution in [3.05, 3.63) is 107 Å². The Bertz CT molecular complexity index is 1390. The van der Waals surface area contributed by atoms with E-state index < -0.39 is 0 Å². The first-order chi connectivity index (χ1) is 17.1. The zero-order valence-electron chi connectivity index (χ0n) is 19.5. The molecule has 4 aromatic rings. The summed E-state index contributed by atoms with van der Waals surface area (Å²) >= 11 is 1.00. The Morgan fingerprint density at radius 2 is 1.66 bits per heavy atom. The molecular formula is C29H26N2O3S. The fourth-order valence-electron chi connectivity index (χ4n) is 4.18. The Morgan fingerprint density at radius 1 is 0.914 bits per heavy atom. The summed E-state index contributed by atoms with van der Waals surface area (Å²) in [5.74, 6) is 0.632. The lowest BCUT2D eigenvalue weighted by Gasteiger charge is -2.12. The summed E-state index contributed by atoms with van der Waals surface area (Å²) in [5.41, 5.74) is 4.17. The molecule has 1 aromatic heterocycles. The molecule has 176 valence electrons. The highest BCUT2D eigenvalue weighted by Gasteiger charge is 2.35. The maximum Gasteiger partial charge on any atom is 0.293 e. The monoisotopic (exact) mass is 482 g/mol. The summed E-state index contributed by atoms with van der Waals surface area (Å²) in [7, 11) is 0. The van der Waals surface area contributed by atoms with Gasteiger partial charge < -0.3 is 9.30 Å². The number of hydrogen-bond donors (Lipinski definition) is 0. The normalized spacial score (nSPS) is 14.9. The lowest BCUT2D eigenvalue weighted by Crippen LogP contribution is -2.27. The van der Waals surface area contributed by atoms with Gasteiger partial charge in [0.15, 0.2) is 0 Å². The third-order valence-corrected chi connectivity index (χ3v) is 6.90. The number of para-hydroxylation sites is 1. The molecule has 6 heteroatoms. The first-order valence-electron chi connectivity index (χ1n) is 11.6. The molecule has 0 unspecified atom stereocenters. The lowest BCUT2D eigenvalue weighted by molar-refractivity contribution is -0.123. The molecule has 2 amide bonds. The standard InChI is InChI=1S/C29H26N2O3S/c1-21-12-14-24(15-13-21)34-17-7-16-30-20-23(25-10-5-6-11-26(25)30)18-27-28(32)31(29(33)35-27)19-22-8-3-2-4-9-22/h2-6,8-15,18,20H,7,16-17,19H2,1H3/b27-18-. The van der Waals surface area contributed by atoms with Crippen LogP contribution in [-0.2, 0) is 17.9 Å². The van der Waals surface area contributed by atoms with Gasteiger partial charge in [-0.25, -0.2) is 0 Å². The van der Waals surface area contributed by atoms with Crippen molar-refractivity contribution < 1.29 is 14.3 Å². The van der Waals surface area contributed by atoms with Gasteiger partial charge in [0, 0.05) is 29.2 Å². The SMILES string of the molecule is Cc1ccc(OCCCn2cc(/C=C3\SC(=O)N(Cc4ccccc4)C3=O)c3ccccc32)cc1. The molecule has 1 fully saturated rings. The van der Waals surface area contributed by atoms with E-state index in [0.29, 0.717) is 11.5 Å². The van der Waals surface area contributed by atoms with E-state index in [1.807, 2.05) is 72.8 Å². The fraction of sp³-hybridized carbons (Fsp3) is 0.172. The number of fused-ring (bicyclic) bond motifs is 1. The Hall–Kier alpha value is -3.77. The minimum atomic E-state index is -0.243. The summed E-state index contributed by atoms with van der Waals surface area (Å²) < 4.78 is 8.07. The van der Waals surface area contributed by atoms with Crippen molar-refractivity contribution >= 4 is 39.9 Å². The predicted molar refractivity (Wildman–Crippen MR) is 141 cm³/mol. The highest BCUT2D eigenvalue weighted by atomic mass is 32.2. The Morgan fingerprint density at radius 3 is 2.46 bits per heavy atom. The van der Waals surface area contributed by atoms with E-state index in [4.69, 9.17) is 4.74 Å². The molecule has 0 aliphatic carbocycles. The van der Waals surface area contributed by atoms with Crippen molar-refractivity contribution in [2.24, 2.45) is 0 Å². The minimum Gasteiger partial charge on any atom is -0.494 e. The third kappa shape index (κ3) is 5.17. The van der Waals surface area contributed by atoms with Crippen molar-refractivity contribution in [3.8, 4) is 5.75 Å². The third-order valence-electron chi connectivity index (χ3n) is 6.00. The number of nitrogens with zero attached hydrogens (tertiary/aromatic N) is 2. The van der Waals surface area contributed by atoms with E-state index in [1.165, 1.54) is 10.5 Å². The summed E-state index contributed by atoms with van der Waals surface area (Å²) in [4.78, 5) is 27.4. The number of benzene rings is 3. The van der Waals surface area contributed by atoms with Crippen LogP contribution < -0.4 is 4.74 Å². The highest BCUT2D eigenvalue weighted by molar-refractivity contribution is 8.18. The van der Waals surface area contributed by atoms with Crippen LogP contribution in [0.4, 0.5) is 4.79 Å². The van der Waals surface area contributed by atoms with Crippen LogP contribution in [0.2, 0.25) is 0 Å². The van der Waals surface area contributed by atoms with Gasteiger partial charge >= 0.3 is 0 Å². The molecule has 0 atom stereocenters. The van der Waals surface area contributed by atoms with Crippen LogP contribution in [0.5, 0.6) is 5.75 Å². The Labute approximate surface area is 209 Å². The van der Waals surface area contributed by atoms with Gasteiger partial charge in [0.05, 0.1) is 18.1 Å². The molecule has 0 spiro atoms. The predicted octanol–water partition coefficient (Wildman–Crippen LogP) is 6.66. The number of aromatic nitrogens is 1. The van der Waals surface area contributed by atoms with Gasteiger partial charge in [-0.2, -0.15) is 0 Å². The van der Waals surface area contributed by atoms with E-state index in [2.05, 4.69) is 29.8 Å². The molecule has 0 N–H and O–H groups in total. The first-order valence-corrected chi connectivity index (χ1v) is 12.5. The van der Waals surface area contributed by atoms with E-state index in [1.54, 1.807) is 0 Å². The van der Waals surface area contributed by atoms with Gasteiger partial charge in [-0.15, -0.1) is 0 Å². The molecular weight excluding hydrogens is 456 g/mol. The molecule has 2 heterocycles. The van der Waals surface area contributed by atoms with Crippen molar-refractivity contribution in [1.29, 1.82) is 0 Å². The van der Waals surface area contributed by atoms with Crippen LogP contribution >= 0.6 is 11.8 Å². The zero-order chi connectivity index (χ0) is 24.2. The van der Waals surface area contributed by atoms with Crippen molar-refractivity contribution in [2.75, 3.05) is 6.61 Å². The second kappa shape index (κ2) is 10.2. The summed E-state index contributed by atoms with van der Waals surface area (Å²) in [6, 6.07) is 25.8. The molecule has 1 aliphatic heterocycles. The number of hydrogen-bond acceptors (Lipinski definition) is 4. The van der Waals surface area contributed by atoms with E-state index >= 15 is 0 Å². The van der Waals surface area contributed by atoms with Gasteiger partial charge in [-0.05, 0) is 54.9 Å². The molecule has 0 saturated carbocycles. The maximum atomic E-state index is 13.0. The van der Waals surface area contributed by atoms with Crippen LogP contribution in [0.15, 0.2) is 90.0 Å². The van der Waals surface area contributed by atoms with E-state index in [9.17, 15) is 9.59 Å². The average molecular weight is 483 g/mol. The van der Waals surface area contributed by atoms with Gasteiger partial charge in [0.2, 0.25) is 0 Å². The lowest BCUT2D eigenvalue weighted by atomic mass is 10.1. The summed E-state index contributed by atoms with van der Waals surface area (Å²) in [6.45, 7) is 3.74. The molecule has 5 rings (SSSR count). The number of rotatable bonds is 8. The number of ether oxygens (including phenoxy) is 1. The molecule has 5 nitrogen and oxygen atoms in total. The summed E-state index contributed by atoms with van der Waals surface area (Å²) in [6.07, 6.45) is 4.75. The largest absolute Gasteiger partial charge is 0.494 e. The number of amides is 2. The van der Waals surface area contributed by atoms with Crippen molar-refractivity contribution in [3.63, 3.8) is 0 Å². The molecule has 3 aromatic carbocycles. The van der Waals surface area contributed by atoms with Gasteiger partial charge in [0.1, 0.15) is 5.75 Å². The van der Waals surface area contributed by atoms with Crippen molar-refractivity contribution in [1.82, 2.24) is 9.47 Å². The number of carbonyl (C=O) groups is 2. The smallest absolute Gasteiger partial charge is 0.293 e. The van der Waals surface area contributed by atoms with Gasteiger partial charge in [0.25, 0.3) is 11.1 Å². The van der Waals surface area contributed by atoms with Crippen LogP contribution in [0.1, 0.15) is 23.1 Å².